The van der Waals surface area contributed by atoms with Gasteiger partial charge in [-0.05, 0) is 48.2 Å². The molecule has 0 aliphatic carbocycles. The molecular weight excluding hydrogens is 601 g/mol. The van der Waals surface area contributed by atoms with Gasteiger partial charge >= 0.3 is 5.69 Å². The van der Waals surface area contributed by atoms with Gasteiger partial charge in [0.05, 0.1) is 12.1 Å². The number of aryl methyl sites for hydroxylation is 1. The van der Waals surface area contributed by atoms with Crippen LogP contribution in [0.15, 0.2) is 64.3 Å². The van der Waals surface area contributed by atoms with Crippen LogP contribution in [0.3, 0.4) is 0 Å². The van der Waals surface area contributed by atoms with Gasteiger partial charge in [-0.25, -0.2) is 9.18 Å². The Labute approximate surface area is 263 Å². The third-order valence-electron chi connectivity index (χ3n) is 8.02. The molecule has 2 amide bonds. The fraction of sp³-hybridized carbons (Fsp3) is 0.273. The van der Waals surface area contributed by atoms with E-state index in [1.807, 2.05) is 25.1 Å². The molecule has 1 fully saturated rings. The Hall–Kier alpha value is -4.74. The number of halogens is 2. The molecule has 4 aromatic rings. The van der Waals surface area contributed by atoms with Gasteiger partial charge in [-0.1, -0.05) is 41.9 Å². The van der Waals surface area contributed by atoms with Gasteiger partial charge in [-0.15, -0.1) is 0 Å². The molecule has 5 rings (SSSR count). The third kappa shape index (κ3) is 6.40. The van der Waals surface area contributed by atoms with Crippen molar-refractivity contribution in [2.75, 3.05) is 19.0 Å². The number of methoxy groups -OCH3 is 1. The predicted octanol–water partition coefficient (Wildman–Crippen LogP) is 4.15. The zero-order chi connectivity index (χ0) is 32.4. The maximum Gasteiger partial charge on any atom is 0.330 e. The SMILES string of the molecule is COc1cc(-c2cccc(-c3cccc(NC(=O)c4cn(C)c(=O)n(C)c4=O)c3C)c2Cl)cc(F)c1CNCC1CCC(=O)N1. The van der Waals surface area contributed by atoms with Crippen LogP contribution >= 0.6 is 11.6 Å². The van der Waals surface area contributed by atoms with Crippen LogP contribution in [0.2, 0.25) is 5.02 Å². The minimum absolute atomic E-state index is 0.0172. The minimum Gasteiger partial charge on any atom is -0.496 e. The quantitative estimate of drug-likeness (QED) is 0.255. The molecule has 0 radical (unpaired) electrons. The predicted molar refractivity (Wildman–Crippen MR) is 171 cm³/mol. The van der Waals surface area contributed by atoms with Gasteiger partial charge in [-0.2, -0.15) is 0 Å². The summed E-state index contributed by atoms with van der Waals surface area (Å²) in [5, 5.41) is 9.24. The summed E-state index contributed by atoms with van der Waals surface area (Å²) < 4.78 is 23.1. The Morgan fingerprint density at radius 1 is 1.09 bits per heavy atom. The van der Waals surface area contributed by atoms with E-state index in [-0.39, 0.29) is 24.1 Å². The van der Waals surface area contributed by atoms with Gasteiger partial charge < -0.3 is 25.3 Å². The molecule has 234 valence electrons. The number of hydrogen-bond donors (Lipinski definition) is 3. The molecule has 10 nitrogen and oxygen atoms in total. The second-order valence-electron chi connectivity index (χ2n) is 11.0. The number of benzene rings is 3. The second-order valence-corrected chi connectivity index (χ2v) is 11.4. The summed E-state index contributed by atoms with van der Waals surface area (Å²) in [5.74, 6) is -0.732. The second kappa shape index (κ2) is 13.1. The van der Waals surface area contributed by atoms with Gasteiger partial charge in [0, 0.05) is 68.2 Å². The molecule has 3 N–H and O–H groups in total. The highest BCUT2D eigenvalue weighted by molar-refractivity contribution is 6.36. The number of anilines is 1. The molecule has 1 aliphatic heterocycles. The maximum atomic E-state index is 15.5. The molecular formula is C33H33ClFN5O5. The van der Waals surface area contributed by atoms with Crippen molar-refractivity contribution in [3.8, 4) is 28.0 Å². The number of carbonyl (C=O) groups is 2. The van der Waals surface area contributed by atoms with E-state index in [1.54, 1.807) is 24.3 Å². The summed E-state index contributed by atoms with van der Waals surface area (Å²) in [6.45, 7) is 2.55. The maximum absolute atomic E-state index is 15.5. The smallest absolute Gasteiger partial charge is 0.330 e. The van der Waals surface area contributed by atoms with E-state index in [0.29, 0.717) is 57.2 Å². The number of carbonyl (C=O) groups excluding carboxylic acids is 2. The zero-order valence-corrected chi connectivity index (χ0v) is 26.0. The van der Waals surface area contributed by atoms with Crippen molar-refractivity contribution >= 4 is 29.1 Å². The molecule has 1 atom stereocenters. The Morgan fingerprint density at radius 2 is 1.80 bits per heavy atom. The standard InChI is InChI=1S/C33H33ClFN5O5/c1-18-21(7-6-10-27(18)38-31(42)25-17-39(2)33(44)40(3)32(25)43)23-9-5-8-22(30(23)34)19-13-26(35)24(28(14-19)45-4)16-36-15-20-11-12-29(41)37-20/h5-10,13-14,17,20,36H,11-12,15-16H2,1-4H3,(H,37,41)(H,38,42). The Kier molecular flexibility index (Phi) is 9.21. The molecule has 2 heterocycles. The Morgan fingerprint density at radius 3 is 2.51 bits per heavy atom. The molecule has 1 unspecified atom stereocenters. The number of nitrogens with zero attached hydrogens (tertiary/aromatic N) is 2. The summed E-state index contributed by atoms with van der Waals surface area (Å²) in [6.07, 6.45) is 2.45. The lowest BCUT2D eigenvalue weighted by Crippen LogP contribution is -2.40. The normalized spacial score (nSPS) is 14.4. The van der Waals surface area contributed by atoms with E-state index in [4.69, 9.17) is 16.3 Å². The number of rotatable bonds is 9. The molecule has 1 aliphatic rings. The topological polar surface area (TPSA) is 123 Å². The summed E-state index contributed by atoms with van der Waals surface area (Å²) in [4.78, 5) is 49.2. The largest absolute Gasteiger partial charge is 0.496 e. The van der Waals surface area contributed by atoms with Crippen LogP contribution in [0.4, 0.5) is 10.1 Å². The minimum atomic E-state index is -0.702. The summed E-state index contributed by atoms with van der Waals surface area (Å²) in [7, 11) is 4.25. The molecule has 1 aromatic heterocycles. The van der Waals surface area contributed by atoms with E-state index < -0.39 is 23.0 Å². The summed E-state index contributed by atoms with van der Waals surface area (Å²) >= 11 is 6.96. The van der Waals surface area contributed by atoms with E-state index in [1.165, 1.54) is 38.0 Å². The molecule has 12 heteroatoms. The molecule has 0 saturated carbocycles. The van der Waals surface area contributed by atoms with Crippen LogP contribution in [0.1, 0.15) is 34.3 Å². The van der Waals surface area contributed by atoms with Crippen molar-refractivity contribution in [3.63, 3.8) is 0 Å². The number of hydrogen-bond acceptors (Lipinski definition) is 6. The third-order valence-corrected chi connectivity index (χ3v) is 8.43. The zero-order valence-electron chi connectivity index (χ0n) is 25.3. The molecule has 45 heavy (non-hydrogen) atoms. The molecule has 1 saturated heterocycles. The monoisotopic (exact) mass is 633 g/mol. The lowest BCUT2D eigenvalue weighted by Gasteiger charge is -2.17. The fourth-order valence-electron chi connectivity index (χ4n) is 5.50. The van der Waals surface area contributed by atoms with Gasteiger partial charge in [0.25, 0.3) is 11.5 Å². The van der Waals surface area contributed by atoms with Crippen molar-refractivity contribution in [1.82, 2.24) is 19.8 Å². The lowest BCUT2D eigenvalue weighted by atomic mass is 9.94. The Balaban J connectivity index is 1.42. The van der Waals surface area contributed by atoms with Crippen LogP contribution in [-0.2, 0) is 25.4 Å². The van der Waals surface area contributed by atoms with Crippen LogP contribution in [0, 0.1) is 12.7 Å². The summed E-state index contributed by atoms with van der Waals surface area (Å²) in [5.41, 5.74) is 2.58. The first-order valence-electron chi connectivity index (χ1n) is 14.3. The van der Waals surface area contributed by atoms with Crippen LogP contribution in [-0.4, -0.2) is 40.6 Å². The average molecular weight is 634 g/mol. The van der Waals surface area contributed by atoms with E-state index in [0.717, 1.165) is 16.6 Å². The highest BCUT2D eigenvalue weighted by Gasteiger charge is 2.22. The van der Waals surface area contributed by atoms with E-state index >= 15 is 4.39 Å². The van der Waals surface area contributed by atoms with Crippen molar-refractivity contribution in [2.45, 2.75) is 32.4 Å². The Bertz CT molecular complexity index is 1940. The van der Waals surface area contributed by atoms with Crippen molar-refractivity contribution in [3.05, 3.63) is 103 Å². The van der Waals surface area contributed by atoms with Gasteiger partial charge in [0.15, 0.2) is 0 Å². The van der Waals surface area contributed by atoms with E-state index in [9.17, 15) is 19.2 Å². The highest BCUT2D eigenvalue weighted by Crippen LogP contribution is 2.40. The summed E-state index contributed by atoms with van der Waals surface area (Å²) in [6, 6.07) is 13.9. The number of ether oxygens (including phenoxy) is 1. The first-order chi connectivity index (χ1) is 21.5. The first kappa shape index (κ1) is 31.7. The average Bonchev–Trinajstić information content (AvgIpc) is 3.44. The highest BCUT2D eigenvalue weighted by atomic mass is 35.5. The van der Waals surface area contributed by atoms with Gasteiger partial charge in [0.1, 0.15) is 17.1 Å². The van der Waals surface area contributed by atoms with Crippen LogP contribution < -0.4 is 31.9 Å². The van der Waals surface area contributed by atoms with Gasteiger partial charge in [-0.3, -0.25) is 19.0 Å². The van der Waals surface area contributed by atoms with Crippen LogP contribution in [0.25, 0.3) is 22.3 Å². The fourth-order valence-corrected chi connectivity index (χ4v) is 5.84. The molecule has 0 spiro atoms. The first-order valence-corrected chi connectivity index (χ1v) is 14.7. The number of amides is 2. The van der Waals surface area contributed by atoms with Crippen LogP contribution in [0.5, 0.6) is 5.75 Å². The molecule has 3 aromatic carbocycles. The number of aromatic nitrogens is 2. The van der Waals surface area contributed by atoms with Gasteiger partial charge in [0.2, 0.25) is 5.91 Å². The van der Waals surface area contributed by atoms with Crippen molar-refractivity contribution in [2.24, 2.45) is 14.1 Å². The molecule has 0 bridgehead atoms. The number of nitrogens with one attached hydrogen (secondary N) is 3. The van der Waals surface area contributed by atoms with Crippen molar-refractivity contribution < 1.29 is 18.7 Å². The van der Waals surface area contributed by atoms with E-state index in [2.05, 4.69) is 16.0 Å². The van der Waals surface area contributed by atoms with Crippen molar-refractivity contribution in [1.29, 1.82) is 0 Å². The lowest BCUT2D eigenvalue weighted by molar-refractivity contribution is -0.119.